The van der Waals surface area contributed by atoms with Crippen molar-refractivity contribution in [2.45, 2.75) is 63.5 Å². The first kappa shape index (κ1) is 19.5. The Morgan fingerprint density at radius 2 is 2.14 bits per heavy atom. The van der Waals surface area contributed by atoms with Gasteiger partial charge in [-0.25, -0.2) is 9.78 Å². The van der Waals surface area contributed by atoms with Crippen LogP contribution >= 0.6 is 0 Å². The van der Waals surface area contributed by atoms with Crippen LogP contribution in [-0.2, 0) is 16.6 Å². The molecule has 2 aromatic heterocycles. The quantitative estimate of drug-likeness (QED) is 0.690. The molecule has 2 aliphatic carbocycles. The molecule has 0 spiro atoms. The first-order valence-electron chi connectivity index (χ1n) is 10.2. The summed E-state index contributed by atoms with van der Waals surface area (Å²) in [6.45, 7) is 3.80. The summed E-state index contributed by atoms with van der Waals surface area (Å²) in [7, 11) is 1.95. The lowest BCUT2D eigenvalue weighted by Crippen LogP contribution is -2.33. The van der Waals surface area contributed by atoms with E-state index in [1.165, 1.54) is 0 Å². The molecule has 0 aliphatic heterocycles. The highest BCUT2D eigenvalue weighted by atomic mass is 16.6. The summed E-state index contributed by atoms with van der Waals surface area (Å²) < 4.78 is 7.44. The molecule has 0 saturated heterocycles. The standard InChI is InChI=1S/C20H28N6O3/c1-11(2)22-20(28)29-13-5-4-12(8-13)16-10-17(25-24-16)23-19(27)15-9-14(15)18-21-6-7-26(18)3/h6-7,10-15H,4-5,8-9H2,1-3H3,(H,22,28)(H2,23,24,25,27)/t12-,13+,14?,15+/m0/s1. The second-order valence-electron chi connectivity index (χ2n) is 8.38. The van der Waals surface area contributed by atoms with Gasteiger partial charge < -0.3 is 19.9 Å². The van der Waals surface area contributed by atoms with Crippen molar-refractivity contribution in [2.24, 2.45) is 13.0 Å². The lowest BCUT2D eigenvalue weighted by molar-refractivity contribution is -0.117. The lowest BCUT2D eigenvalue weighted by atomic mass is 10.0. The van der Waals surface area contributed by atoms with Gasteiger partial charge in [0.2, 0.25) is 5.91 Å². The van der Waals surface area contributed by atoms with Gasteiger partial charge in [-0.3, -0.25) is 9.89 Å². The maximum Gasteiger partial charge on any atom is 0.407 e. The summed E-state index contributed by atoms with van der Waals surface area (Å²) in [5, 5.41) is 12.9. The number of hydrogen-bond donors (Lipinski definition) is 3. The van der Waals surface area contributed by atoms with Crippen molar-refractivity contribution in [3.05, 3.63) is 30.0 Å². The van der Waals surface area contributed by atoms with Gasteiger partial charge in [0.05, 0.1) is 0 Å². The van der Waals surface area contributed by atoms with Gasteiger partial charge in [-0.1, -0.05) is 0 Å². The zero-order valence-corrected chi connectivity index (χ0v) is 17.0. The molecule has 3 N–H and O–H groups in total. The van der Waals surface area contributed by atoms with E-state index in [1.807, 2.05) is 37.7 Å². The molecule has 9 heteroatoms. The van der Waals surface area contributed by atoms with Crippen molar-refractivity contribution in [1.29, 1.82) is 0 Å². The number of anilines is 1. The molecule has 1 unspecified atom stereocenters. The van der Waals surface area contributed by atoms with Crippen LogP contribution < -0.4 is 10.6 Å². The van der Waals surface area contributed by atoms with Crippen molar-refractivity contribution < 1.29 is 14.3 Å². The minimum atomic E-state index is -0.366. The fraction of sp³-hybridized carbons (Fsp3) is 0.600. The SMILES string of the molecule is CC(C)NC(=O)O[C@@H]1CC[C@H](c2cc(NC(=O)[C@@H]3CC3c3nccn3C)n[nH]2)C1. The number of nitrogens with one attached hydrogen (secondary N) is 3. The van der Waals surface area contributed by atoms with Gasteiger partial charge in [0.1, 0.15) is 11.9 Å². The van der Waals surface area contributed by atoms with Gasteiger partial charge in [0, 0.05) is 55.0 Å². The van der Waals surface area contributed by atoms with E-state index in [0.29, 0.717) is 5.82 Å². The fourth-order valence-corrected chi connectivity index (χ4v) is 4.08. The Labute approximate surface area is 169 Å². The molecule has 2 saturated carbocycles. The largest absolute Gasteiger partial charge is 0.446 e. The maximum absolute atomic E-state index is 12.5. The summed E-state index contributed by atoms with van der Waals surface area (Å²) in [6, 6.07) is 1.94. The third kappa shape index (κ3) is 4.44. The Hall–Kier alpha value is -2.84. The van der Waals surface area contributed by atoms with Crippen molar-refractivity contribution in [2.75, 3.05) is 5.32 Å². The number of ether oxygens (including phenoxy) is 1. The van der Waals surface area contributed by atoms with Crippen molar-refractivity contribution in [1.82, 2.24) is 25.1 Å². The molecule has 9 nitrogen and oxygen atoms in total. The van der Waals surface area contributed by atoms with E-state index in [0.717, 1.165) is 37.2 Å². The van der Waals surface area contributed by atoms with Gasteiger partial charge in [0.15, 0.2) is 5.82 Å². The highest BCUT2D eigenvalue weighted by Gasteiger charge is 2.46. The van der Waals surface area contributed by atoms with Crippen LogP contribution in [0, 0.1) is 5.92 Å². The number of aryl methyl sites for hydroxylation is 1. The topological polar surface area (TPSA) is 114 Å². The molecule has 0 aromatic carbocycles. The number of aromatic nitrogens is 4. The number of carbonyl (C=O) groups is 2. The van der Waals surface area contributed by atoms with Crippen LogP contribution in [-0.4, -0.2) is 43.9 Å². The molecule has 2 heterocycles. The molecule has 4 atom stereocenters. The molecule has 0 bridgehead atoms. The minimum absolute atomic E-state index is 0.0194. The number of imidazole rings is 1. The predicted octanol–water partition coefficient (Wildman–Crippen LogP) is 2.66. The second kappa shape index (κ2) is 7.88. The molecule has 29 heavy (non-hydrogen) atoms. The van der Waals surface area contributed by atoms with Crippen LogP contribution in [0.3, 0.4) is 0 Å². The van der Waals surface area contributed by atoms with Gasteiger partial charge in [0.25, 0.3) is 0 Å². The van der Waals surface area contributed by atoms with Gasteiger partial charge in [-0.15, -0.1) is 0 Å². The number of hydrogen-bond acceptors (Lipinski definition) is 5. The molecule has 4 rings (SSSR count). The van der Waals surface area contributed by atoms with E-state index < -0.39 is 0 Å². The van der Waals surface area contributed by atoms with Crippen LogP contribution in [0.1, 0.15) is 62.9 Å². The van der Waals surface area contributed by atoms with E-state index >= 15 is 0 Å². The molecule has 0 radical (unpaired) electrons. The second-order valence-corrected chi connectivity index (χ2v) is 8.38. The van der Waals surface area contributed by atoms with Crippen LogP contribution in [0.25, 0.3) is 0 Å². The van der Waals surface area contributed by atoms with Crippen LogP contribution in [0.15, 0.2) is 18.5 Å². The molecule has 156 valence electrons. The number of rotatable bonds is 6. The Morgan fingerprint density at radius 3 is 2.86 bits per heavy atom. The number of amides is 2. The third-order valence-corrected chi connectivity index (χ3v) is 5.67. The zero-order chi connectivity index (χ0) is 20.5. The van der Waals surface area contributed by atoms with Gasteiger partial charge in [-0.2, -0.15) is 5.10 Å². The zero-order valence-electron chi connectivity index (χ0n) is 17.0. The van der Waals surface area contributed by atoms with Gasteiger partial charge in [-0.05, 0) is 39.5 Å². The monoisotopic (exact) mass is 400 g/mol. The molecular weight excluding hydrogens is 372 g/mol. The normalized spacial score (nSPS) is 25.8. The van der Waals surface area contributed by atoms with E-state index in [2.05, 4.69) is 25.8 Å². The highest BCUT2D eigenvalue weighted by molar-refractivity contribution is 5.94. The van der Waals surface area contributed by atoms with Crippen molar-refractivity contribution in [3.63, 3.8) is 0 Å². The van der Waals surface area contributed by atoms with Crippen molar-refractivity contribution in [3.8, 4) is 0 Å². The summed E-state index contributed by atoms with van der Waals surface area (Å²) in [6.07, 6.45) is 6.50. The first-order chi connectivity index (χ1) is 13.9. The van der Waals surface area contributed by atoms with Crippen LogP contribution in [0.2, 0.25) is 0 Å². The molecular formula is C20H28N6O3. The predicted molar refractivity (Wildman–Crippen MR) is 106 cm³/mol. The molecule has 2 fully saturated rings. The van der Waals surface area contributed by atoms with E-state index in [1.54, 1.807) is 6.20 Å². The molecule has 2 aromatic rings. The summed E-state index contributed by atoms with van der Waals surface area (Å²) in [4.78, 5) is 28.6. The number of H-pyrrole nitrogens is 1. The third-order valence-electron chi connectivity index (χ3n) is 5.67. The smallest absolute Gasteiger partial charge is 0.407 e. The molecule has 2 amide bonds. The number of alkyl carbamates (subject to hydrolysis) is 1. The Morgan fingerprint density at radius 1 is 1.31 bits per heavy atom. The Kier molecular flexibility index (Phi) is 5.29. The van der Waals surface area contributed by atoms with Crippen LogP contribution in [0.5, 0.6) is 0 Å². The first-order valence-corrected chi connectivity index (χ1v) is 10.2. The number of aromatic amines is 1. The highest BCUT2D eigenvalue weighted by Crippen LogP contribution is 2.47. The fourth-order valence-electron chi connectivity index (χ4n) is 4.08. The van der Waals surface area contributed by atoms with Gasteiger partial charge >= 0.3 is 6.09 Å². The molecule has 2 aliphatic rings. The minimum Gasteiger partial charge on any atom is -0.446 e. The summed E-state index contributed by atoms with van der Waals surface area (Å²) >= 11 is 0. The van der Waals surface area contributed by atoms with E-state index in [9.17, 15) is 9.59 Å². The Bertz CT molecular complexity index is 888. The Balaban J connectivity index is 1.28. The van der Waals surface area contributed by atoms with Crippen molar-refractivity contribution >= 4 is 17.8 Å². The average Bonchev–Trinajstić information content (AvgIpc) is 2.99. The summed E-state index contributed by atoms with van der Waals surface area (Å²) in [5.74, 6) is 1.84. The average molecular weight is 400 g/mol. The van der Waals surface area contributed by atoms with E-state index in [-0.39, 0.29) is 41.9 Å². The number of nitrogens with zero attached hydrogens (tertiary/aromatic N) is 3. The lowest BCUT2D eigenvalue weighted by Gasteiger charge is -2.14. The number of carbonyl (C=O) groups excluding carboxylic acids is 2. The summed E-state index contributed by atoms with van der Waals surface area (Å²) in [5.41, 5.74) is 0.965. The van der Waals surface area contributed by atoms with Crippen LogP contribution in [0.4, 0.5) is 10.6 Å². The maximum atomic E-state index is 12.5. The van der Waals surface area contributed by atoms with E-state index in [4.69, 9.17) is 4.74 Å².